The molecule has 2 aromatic carbocycles. The van der Waals surface area contributed by atoms with Crippen molar-refractivity contribution in [1.29, 1.82) is 5.26 Å². The molecular weight excluding hydrogens is 390 g/mol. The minimum absolute atomic E-state index is 0.0302. The van der Waals surface area contributed by atoms with Crippen molar-refractivity contribution in [2.75, 3.05) is 5.32 Å². The second-order valence-electron chi connectivity index (χ2n) is 6.07. The number of anilines is 1. The SMILES string of the molecule is CCc1ccc(C(C)NC(=O)/C(C#N)=C\Nc2ccc(Br)c(C)c2)cc1. The fourth-order valence-electron chi connectivity index (χ4n) is 2.44. The zero-order chi connectivity index (χ0) is 19.1. The smallest absolute Gasteiger partial charge is 0.263 e. The van der Waals surface area contributed by atoms with E-state index in [0.717, 1.165) is 27.7 Å². The molecule has 1 amide bonds. The van der Waals surface area contributed by atoms with Crippen molar-refractivity contribution in [3.8, 4) is 6.07 Å². The molecule has 0 heterocycles. The lowest BCUT2D eigenvalue weighted by Gasteiger charge is -2.14. The fraction of sp³-hybridized carbons (Fsp3) is 0.238. The minimum atomic E-state index is -0.402. The van der Waals surface area contributed by atoms with Gasteiger partial charge in [-0.1, -0.05) is 47.1 Å². The topological polar surface area (TPSA) is 64.9 Å². The minimum Gasteiger partial charge on any atom is -0.360 e. The molecule has 0 aliphatic carbocycles. The first-order valence-corrected chi connectivity index (χ1v) is 9.26. The highest BCUT2D eigenvalue weighted by Crippen LogP contribution is 2.20. The first-order valence-electron chi connectivity index (χ1n) is 8.47. The summed E-state index contributed by atoms with van der Waals surface area (Å²) in [6.45, 7) is 5.98. The number of carbonyl (C=O) groups excluding carboxylic acids is 1. The van der Waals surface area contributed by atoms with Gasteiger partial charge in [-0.2, -0.15) is 5.26 Å². The molecule has 0 spiro atoms. The monoisotopic (exact) mass is 411 g/mol. The number of aryl methyl sites for hydroxylation is 2. The van der Waals surface area contributed by atoms with E-state index in [4.69, 9.17) is 0 Å². The van der Waals surface area contributed by atoms with E-state index in [2.05, 4.69) is 45.6 Å². The maximum Gasteiger partial charge on any atom is 0.263 e. The van der Waals surface area contributed by atoms with Crippen LogP contribution in [0.1, 0.15) is 36.6 Å². The summed E-state index contributed by atoms with van der Waals surface area (Å²) < 4.78 is 1.01. The van der Waals surface area contributed by atoms with Gasteiger partial charge in [0.1, 0.15) is 11.6 Å². The summed E-state index contributed by atoms with van der Waals surface area (Å²) in [5, 5.41) is 15.2. The van der Waals surface area contributed by atoms with E-state index in [9.17, 15) is 10.1 Å². The predicted molar refractivity (Wildman–Crippen MR) is 109 cm³/mol. The molecule has 0 fully saturated rings. The van der Waals surface area contributed by atoms with E-state index in [1.807, 2.05) is 50.2 Å². The van der Waals surface area contributed by atoms with Gasteiger partial charge in [0, 0.05) is 16.4 Å². The van der Waals surface area contributed by atoms with Crippen LogP contribution in [0.15, 0.2) is 58.7 Å². The van der Waals surface area contributed by atoms with E-state index in [1.165, 1.54) is 11.8 Å². The first-order chi connectivity index (χ1) is 12.4. The molecule has 5 heteroatoms. The van der Waals surface area contributed by atoms with Gasteiger partial charge in [0.15, 0.2) is 0 Å². The number of nitrogens with zero attached hydrogens (tertiary/aromatic N) is 1. The average molecular weight is 412 g/mol. The second-order valence-corrected chi connectivity index (χ2v) is 6.92. The number of carbonyl (C=O) groups is 1. The highest BCUT2D eigenvalue weighted by Gasteiger charge is 2.13. The van der Waals surface area contributed by atoms with Gasteiger partial charge in [-0.3, -0.25) is 4.79 Å². The van der Waals surface area contributed by atoms with Crippen molar-refractivity contribution < 1.29 is 4.79 Å². The summed E-state index contributed by atoms with van der Waals surface area (Å²) in [7, 11) is 0. The molecule has 4 nitrogen and oxygen atoms in total. The highest BCUT2D eigenvalue weighted by atomic mass is 79.9. The highest BCUT2D eigenvalue weighted by molar-refractivity contribution is 9.10. The number of nitriles is 1. The van der Waals surface area contributed by atoms with Crippen molar-refractivity contribution >= 4 is 27.5 Å². The van der Waals surface area contributed by atoms with Crippen LogP contribution in [0.2, 0.25) is 0 Å². The lowest BCUT2D eigenvalue weighted by Crippen LogP contribution is -2.28. The maximum absolute atomic E-state index is 12.4. The Labute approximate surface area is 163 Å². The van der Waals surface area contributed by atoms with Gasteiger partial charge < -0.3 is 10.6 Å². The zero-order valence-corrected chi connectivity index (χ0v) is 16.7. The Morgan fingerprint density at radius 1 is 1.27 bits per heavy atom. The molecule has 0 aliphatic rings. The van der Waals surface area contributed by atoms with Crippen molar-refractivity contribution in [1.82, 2.24) is 5.32 Å². The second kappa shape index (κ2) is 9.21. The zero-order valence-electron chi connectivity index (χ0n) is 15.1. The third kappa shape index (κ3) is 5.21. The fourth-order valence-corrected chi connectivity index (χ4v) is 2.68. The van der Waals surface area contributed by atoms with Crippen LogP contribution in [0.25, 0.3) is 0 Å². The van der Waals surface area contributed by atoms with Crippen LogP contribution in [0.5, 0.6) is 0 Å². The Bertz CT molecular complexity index is 851. The third-order valence-corrected chi connectivity index (χ3v) is 5.03. The van der Waals surface area contributed by atoms with Gasteiger partial charge in [0.25, 0.3) is 5.91 Å². The van der Waals surface area contributed by atoms with Crippen molar-refractivity contribution in [3.05, 3.63) is 75.4 Å². The van der Waals surface area contributed by atoms with Gasteiger partial charge in [0.2, 0.25) is 0 Å². The molecule has 2 rings (SSSR count). The van der Waals surface area contributed by atoms with Gasteiger partial charge in [-0.15, -0.1) is 0 Å². The quantitative estimate of drug-likeness (QED) is 0.518. The van der Waals surface area contributed by atoms with E-state index < -0.39 is 5.91 Å². The molecule has 0 bridgehead atoms. The number of rotatable bonds is 6. The standard InChI is InChI=1S/C21H22BrN3O/c1-4-16-5-7-17(8-6-16)15(3)25-21(26)18(12-23)13-24-19-9-10-20(22)14(2)11-19/h5-11,13,15,24H,4H2,1-3H3,(H,25,26)/b18-13-. The van der Waals surface area contributed by atoms with Crippen LogP contribution in [-0.2, 0) is 11.2 Å². The molecule has 0 aliphatic heterocycles. The van der Waals surface area contributed by atoms with Gasteiger partial charge in [-0.05, 0) is 55.2 Å². The number of hydrogen-bond acceptors (Lipinski definition) is 3. The predicted octanol–water partition coefficient (Wildman–Crippen LogP) is 5.02. The van der Waals surface area contributed by atoms with Crippen LogP contribution < -0.4 is 10.6 Å². The third-order valence-electron chi connectivity index (χ3n) is 4.14. The number of benzene rings is 2. The van der Waals surface area contributed by atoms with Crippen molar-refractivity contribution in [2.45, 2.75) is 33.2 Å². The van der Waals surface area contributed by atoms with E-state index in [1.54, 1.807) is 0 Å². The average Bonchev–Trinajstić information content (AvgIpc) is 2.65. The first kappa shape index (κ1) is 19.7. The van der Waals surface area contributed by atoms with Gasteiger partial charge in [-0.25, -0.2) is 0 Å². The molecule has 0 radical (unpaired) electrons. The van der Waals surface area contributed by atoms with Crippen molar-refractivity contribution in [3.63, 3.8) is 0 Å². The van der Waals surface area contributed by atoms with Crippen LogP contribution in [0, 0.1) is 18.3 Å². The van der Waals surface area contributed by atoms with Crippen LogP contribution in [0.3, 0.4) is 0 Å². The molecule has 0 aromatic heterocycles. The molecule has 1 unspecified atom stereocenters. The van der Waals surface area contributed by atoms with Gasteiger partial charge in [0.05, 0.1) is 6.04 Å². The molecule has 2 aromatic rings. The lowest BCUT2D eigenvalue weighted by molar-refractivity contribution is -0.117. The molecule has 2 N–H and O–H groups in total. The number of halogens is 1. The lowest BCUT2D eigenvalue weighted by atomic mass is 10.0. The molecule has 26 heavy (non-hydrogen) atoms. The Morgan fingerprint density at radius 2 is 1.96 bits per heavy atom. The van der Waals surface area contributed by atoms with E-state index in [-0.39, 0.29) is 11.6 Å². The summed E-state index contributed by atoms with van der Waals surface area (Å²) in [5.74, 6) is -0.402. The molecule has 0 saturated carbocycles. The largest absolute Gasteiger partial charge is 0.360 e. The van der Waals surface area contributed by atoms with Crippen LogP contribution in [0.4, 0.5) is 5.69 Å². The maximum atomic E-state index is 12.4. The van der Waals surface area contributed by atoms with Crippen LogP contribution in [-0.4, -0.2) is 5.91 Å². The van der Waals surface area contributed by atoms with E-state index >= 15 is 0 Å². The molecule has 1 atom stereocenters. The van der Waals surface area contributed by atoms with E-state index in [0.29, 0.717) is 0 Å². The normalized spacial score (nSPS) is 12.2. The summed E-state index contributed by atoms with van der Waals surface area (Å²) in [6, 6.07) is 15.6. The summed E-state index contributed by atoms with van der Waals surface area (Å²) in [4.78, 5) is 12.4. The Morgan fingerprint density at radius 3 is 2.54 bits per heavy atom. The number of nitrogens with one attached hydrogen (secondary N) is 2. The molecular formula is C21H22BrN3O. The summed E-state index contributed by atoms with van der Waals surface area (Å²) >= 11 is 3.44. The van der Waals surface area contributed by atoms with Crippen LogP contribution >= 0.6 is 15.9 Å². The Hall–Kier alpha value is -2.58. The summed E-state index contributed by atoms with van der Waals surface area (Å²) in [6.07, 6.45) is 2.41. The van der Waals surface area contributed by atoms with Gasteiger partial charge >= 0.3 is 0 Å². The molecule has 134 valence electrons. The Balaban J connectivity index is 2.04. The summed E-state index contributed by atoms with van der Waals surface area (Å²) in [5.41, 5.74) is 4.16. The number of hydrogen-bond donors (Lipinski definition) is 2. The Kier molecular flexibility index (Phi) is 6.99. The van der Waals surface area contributed by atoms with Crippen molar-refractivity contribution in [2.24, 2.45) is 0 Å². The molecule has 0 saturated heterocycles. The number of amides is 1.